The first kappa shape index (κ1) is 35.4. The van der Waals surface area contributed by atoms with Crippen LogP contribution in [0.25, 0.3) is 0 Å². The Bertz CT molecular complexity index is 1530. The molecule has 0 radical (unpaired) electrons. The molecule has 46 heavy (non-hydrogen) atoms. The van der Waals surface area contributed by atoms with Crippen molar-refractivity contribution in [1.82, 2.24) is 15.0 Å². The Morgan fingerprint density at radius 3 is 2.54 bits per heavy atom. The third-order valence-corrected chi connectivity index (χ3v) is 9.95. The maximum atomic E-state index is 14.4. The topological polar surface area (TPSA) is 134 Å². The molecule has 4 atom stereocenters. The van der Waals surface area contributed by atoms with Crippen LogP contribution in [0.4, 0.5) is 5.69 Å². The summed E-state index contributed by atoms with van der Waals surface area (Å²) >= 11 is 0. The van der Waals surface area contributed by atoms with Gasteiger partial charge < -0.3 is 24.0 Å². The summed E-state index contributed by atoms with van der Waals surface area (Å²) in [6.45, 7) is 11.0. The van der Waals surface area contributed by atoms with Crippen LogP contribution in [0.2, 0.25) is 0 Å². The molecular weight excluding hydrogens is 608 g/mol. The molecule has 0 aliphatic carbocycles. The van der Waals surface area contributed by atoms with E-state index < -0.39 is 16.1 Å². The molecule has 2 heterocycles. The minimum absolute atomic E-state index is 0.0450. The molecule has 0 unspecified atom stereocenters. The molecule has 2 aromatic carbocycles. The highest BCUT2D eigenvalue weighted by Crippen LogP contribution is 2.30. The van der Waals surface area contributed by atoms with Gasteiger partial charge in [0.2, 0.25) is 0 Å². The van der Waals surface area contributed by atoms with Crippen LogP contribution in [0.1, 0.15) is 67.4 Å². The number of nitrogens with one attached hydrogen (secondary N) is 1. The average Bonchev–Trinajstić information content (AvgIpc) is 3.37. The van der Waals surface area contributed by atoms with E-state index >= 15 is 0 Å². The second-order valence-corrected chi connectivity index (χ2v) is 14.1. The number of anilines is 1. The zero-order valence-corrected chi connectivity index (χ0v) is 28.5. The van der Waals surface area contributed by atoms with E-state index in [0.717, 1.165) is 25.8 Å². The summed E-state index contributed by atoms with van der Waals surface area (Å²) < 4.78 is 47.0. The SMILES string of the molecule is Cc1noc(C)c1S(=O)(=O)Nc1ccc2c(c1)C(=O)N([C@H](C)CO)C[C@H](C)[C@@H](CN(C)Cc1ccccc1)OCCCC[C@@H](C)O2. The summed E-state index contributed by atoms with van der Waals surface area (Å²) in [7, 11) is -1.99. The summed E-state index contributed by atoms with van der Waals surface area (Å²) in [6.07, 6.45) is 2.13. The number of fused-ring (bicyclic) bond motifs is 1. The molecule has 0 saturated heterocycles. The molecule has 1 aromatic heterocycles. The Kier molecular flexibility index (Phi) is 12.2. The quantitative estimate of drug-likeness (QED) is 0.326. The van der Waals surface area contributed by atoms with E-state index in [1.165, 1.54) is 18.6 Å². The van der Waals surface area contributed by atoms with Gasteiger partial charge in [0.1, 0.15) is 11.4 Å². The maximum absolute atomic E-state index is 14.4. The van der Waals surface area contributed by atoms with Crippen molar-refractivity contribution >= 4 is 21.6 Å². The van der Waals surface area contributed by atoms with E-state index in [-0.39, 0.29) is 58.2 Å². The van der Waals surface area contributed by atoms with Gasteiger partial charge in [0.15, 0.2) is 10.7 Å². The summed E-state index contributed by atoms with van der Waals surface area (Å²) in [4.78, 5) is 18.2. The molecule has 3 aromatic rings. The number of aliphatic hydroxyl groups is 1. The van der Waals surface area contributed by atoms with Crippen molar-refractivity contribution in [2.45, 2.75) is 83.6 Å². The Morgan fingerprint density at radius 1 is 1.13 bits per heavy atom. The van der Waals surface area contributed by atoms with Crippen molar-refractivity contribution in [2.75, 3.05) is 38.1 Å². The van der Waals surface area contributed by atoms with Crippen LogP contribution in [-0.2, 0) is 21.3 Å². The molecular formula is C34H48N4O7S. The largest absolute Gasteiger partial charge is 0.490 e. The van der Waals surface area contributed by atoms with E-state index in [4.69, 9.17) is 14.0 Å². The number of ether oxygens (including phenoxy) is 2. The number of aromatic nitrogens is 1. The first-order valence-corrected chi connectivity index (χ1v) is 17.4. The van der Waals surface area contributed by atoms with E-state index in [2.05, 4.69) is 40.9 Å². The van der Waals surface area contributed by atoms with Crippen LogP contribution < -0.4 is 9.46 Å². The van der Waals surface area contributed by atoms with Gasteiger partial charge in [-0.2, -0.15) is 0 Å². The first-order chi connectivity index (χ1) is 21.9. The van der Waals surface area contributed by atoms with Gasteiger partial charge in [0, 0.05) is 37.8 Å². The number of carbonyl (C=O) groups is 1. The van der Waals surface area contributed by atoms with Crippen LogP contribution in [0.3, 0.4) is 0 Å². The van der Waals surface area contributed by atoms with Gasteiger partial charge >= 0.3 is 0 Å². The third-order valence-electron chi connectivity index (χ3n) is 8.33. The fraction of sp³-hybridized carbons (Fsp3) is 0.529. The van der Waals surface area contributed by atoms with Crippen molar-refractivity contribution < 1.29 is 32.3 Å². The Balaban J connectivity index is 1.66. The van der Waals surface area contributed by atoms with Crippen LogP contribution in [0.15, 0.2) is 57.9 Å². The number of aryl methyl sites for hydroxylation is 2. The summed E-state index contributed by atoms with van der Waals surface area (Å²) in [5.41, 5.74) is 1.84. The smallest absolute Gasteiger partial charge is 0.267 e. The predicted molar refractivity (Wildman–Crippen MR) is 176 cm³/mol. The van der Waals surface area contributed by atoms with Gasteiger partial charge in [0.25, 0.3) is 15.9 Å². The summed E-state index contributed by atoms with van der Waals surface area (Å²) in [5, 5.41) is 14.0. The predicted octanol–water partition coefficient (Wildman–Crippen LogP) is 5.02. The fourth-order valence-corrected chi connectivity index (χ4v) is 7.16. The minimum Gasteiger partial charge on any atom is -0.490 e. The van der Waals surface area contributed by atoms with Gasteiger partial charge in [-0.1, -0.05) is 42.4 Å². The number of hydrogen-bond donors (Lipinski definition) is 2. The van der Waals surface area contributed by atoms with Crippen LogP contribution in [-0.4, -0.2) is 86.0 Å². The number of amides is 1. The van der Waals surface area contributed by atoms with Crippen molar-refractivity contribution in [3.05, 3.63) is 71.1 Å². The Morgan fingerprint density at radius 2 is 1.87 bits per heavy atom. The lowest BCUT2D eigenvalue weighted by Gasteiger charge is -2.36. The van der Waals surface area contributed by atoms with Crippen LogP contribution >= 0.6 is 0 Å². The van der Waals surface area contributed by atoms with Gasteiger partial charge in [-0.05, 0) is 77.8 Å². The molecule has 4 rings (SSSR count). The lowest BCUT2D eigenvalue weighted by Crippen LogP contribution is -2.47. The number of carbonyl (C=O) groups excluding carboxylic acids is 1. The molecule has 252 valence electrons. The van der Waals surface area contributed by atoms with E-state index in [1.807, 2.05) is 25.1 Å². The molecule has 12 heteroatoms. The molecule has 0 fully saturated rings. The van der Waals surface area contributed by atoms with Crippen molar-refractivity contribution in [1.29, 1.82) is 0 Å². The van der Waals surface area contributed by atoms with Crippen molar-refractivity contribution in [2.24, 2.45) is 5.92 Å². The molecule has 0 bridgehead atoms. The number of aliphatic hydroxyl groups excluding tert-OH is 1. The second-order valence-electron chi connectivity index (χ2n) is 12.5. The van der Waals surface area contributed by atoms with E-state index in [1.54, 1.807) is 30.9 Å². The summed E-state index contributed by atoms with van der Waals surface area (Å²) in [5.74, 6) is 0.0683. The highest BCUT2D eigenvalue weighted by molar-refractivity contribution is 7.92. The highest BCUT2D eigenvalue weighted by atomic mass is 32.2. The normalized spacial score (nSPS) is 20.9. The molecule has 2 N–H and O–H groups in total. The number of nitrogens with zero attached hydrogens (tertiary/aromatic N) is 3. The van der Waals surface area contributed by atoms with Crippen molar-refractivity contribution in [3.63, 3.8) is 0 Å². The Labute approximate surface area is 272 Å². The highest BCUT2D eigenvalue weighted by Gasteiger charge is 2.31. The molecule has 1 aliphatic rings. The van der Waals surface area contributed by atoms with Crippen LogP contribution in [0, 0.1) is 19.8 Å². The van der Waals surface area contributed by atoms with Gasteiger partial charge in [-0.15, -0.1) is 0 Å². The van der Waals surface area contributed by atoms with Gasteiger partial charge in [-0.25, -0.2) is 8.42 Å². The fourth-order valence-electron chi connectivity index (χ4n) is 5.78. The monoisotopic (exact) mass is 656 g/mol. The number of benzene rings is 2. The van der Waals surface area contributed by atoms with E-state index in [0.29, 0.717) is 25.4 Å². The number of rotatable bonds is 9. The first-order valence-electron chi connectivity index (χ1n) is 15.9. The lowest BCUT2D eigenvalue weighted by molar-refractivity contribution is -0.0177. The average molecular weight is 657 g/mol. The third kappa shape index (κ3) is 9.09. The summed E-state index contributed by atoms with van der Waals surface area (Å²) in [6, 6.07) is 14.4. The van der Waals surface area contributed by atoms with Gasteiger partial charge in [0.05, 0.1) is 30.4 Å². The molecule has 1 aliphatic heterocycles. The Hall–Kier alpha value is -3.45. The molecule has 0 spiro atoms. The molecule has 1 amide bonds. The molecule has 11 nitrogen and oxygen atoms in total. The van der Waals surface area contributed by atoms with Gasteiger partial charge in [-0.3, -0.25) is 14.4 Å². The minimum atomic E-state index is -4.05. The number of likely N-dealkylation sites (N-methyl/N-ethyl adjacent to an activating group) is 1. The number of sulfonamides is 1. The maximum Gasteiger partial charge on any atom is 0.267 e. The standard InChI is InChI=1S/C34H48N4O7S/c1-23-19-38(24(2)22-39)34(40)30-18-29(36-46(41,42)33-26(4)35-45-27(33)5)15-16-31(30)44-25(3)12-10-11-17-43-32(23)21-37(6)20-28-13-8-7-9-14-28/h7-9,13-16,18,23-25,32,36,39H,10-12,17,19-22H2,1-6H3/t23-,24+,25+,32+/m0/s1. The van der Waals surface area contributed by atoms with E-state index in [9.17, 15) is 18.3 Å². The molecule has 0 saturated carbocycles. The lowest BCUT2D eigenvalue weighted by atomic mass is 10.0. The second kappa shape index (κ2) is 15.9. The zero-order chi connectivity index (χ0) is 33.4. The van der Waals surface area contributed by atoms with Crippen LogP contribution in [0.5, 0.6) is 5.75 Å². The zero-order valence-electron chi connectivity index (χ0n) is 27.7. The van der Waals surface area contributed by atoms with Crippen molar-refractivity contribution in [3.8, 4) is 5.75 Å². The number of hydrogen-bond acceptors (Lipinski definition) is 9.